The molecule has 2 aromatic heterocycles. The first kappa shape index (κ1) is 17.8. The molecule has 25 heavy (non-hydrogen) atoms. The van der Waals surface area contributed by atoms with Crippen molar-refractivity contribution in [3.63, 3.8) is 0 Å². The van der Waals surface area contributed by atoms with E-state index in [1.807, 2.05) is 25.5 Å². The van der Waals surface area contributed by atoms with Crippen LogP contribution in [0.1, 0.15) is 32.0 Å². The molecule has 1 unspecified atom stereocenters. The first-order valence-electron chi connectivity index (χ1n) is 8.30. The number of ether oxygens (including phenoxy) is 2. The zero-order chi connectivity index (χ0) is 18.0. The van der Waals surface area contributed by atoms with Gasteiger partial charge in [-0.2, -0.15) is 10.1 Å². The number of hydrogen-bond donors (Lipinski definition) is 2. The summed E-state index contributed by atoms with van der Waals surface area (Å²) >= 11 is 5.89. The average molecular weight is 367 g/mol. The van der Waals surface area contributed by atoms with Gasteiger partial charge in [-0.15, -0.1) is 0 Å². The van der Waals surface area contributed by atoms with Crippen molar-refractivity contribution in [2.75, 3.05) is 30.9 Å². The summed E-state index contributed by atoms with van der Waals surface area (Å²) in [7, 11) is 0. The molecule has 0 bridgehead atoms. The SMILES string of the molecule is Cc1nn(C(C)C)c(Nc2ncc(Cl)c(N)n2)c1OCC1CCOC1. The Morgan fingerprint density at radius 3 is 2.96 bits per heavy atom. The molecular weight excluding hydrogens is 344 g/mol. The minimum atomic E-state index is 0.137. The molecule has 0 saturated carbocycles. The number of nitrogen functional groups attached to an aromatic ring is 1. The lowest BCUT2D eigenvalue weighted by molar-refractivity contribution is 0.167. The van der Waals surface area contributed by atoms with Crippen LogP contribution in [0.15, 0.2) is 6.20 Å². The Labute approximate surface area is 151 Å². The van der Waals surface area contributed by atoms with Crippen molar-refractivity contribution in [1.82, 2.24) is 19.7 Å². The van der Waals surface area contributed by atoms with Crippen molar-refractivity contribution < 1.29 is 9.47 Å². The largest absolute Gasteiger partial charge is 0.487 e. The van der Waals surface area contributed by atoms with Gasteiger partial charge in [-0.1, -0.05) is 11.6 Å². The summed E-state index contributed by atoms with van der Waals surface area (Å²) in [6.45, 7) is 8.12. The Morgan fingerprint density at radius 1 is 1.52 bits per heavy atom. The average Bonchev–Trinajstić information content (AvgIpc) is 3.18. The zero-order valence-corrected chi connectivity index (χ0v) is 15.4. The molecule has 3 N–H and O–H groups in total. The number of halogens is 1. The van der Waals surface area contributed by atoms with Gasteiger partial charge in [-0.3, -0.25) is 0 Å². The molecule has 1 saturated heterocycles. The molecule has 8 nitrogen and oxygen atoms in total. The van der Waals surface area contributed by atoms with Crippen molar-refractivity contribution in [2.24, 2.45) is 5.92 Å². The molecule has 0 spiro atoms. The topological polar surface area (TPSA) is 100 Å². The lowest BCUT2D eigenvalue weighted by atomic mass is 10.1. The Balaban J connectivity index is 1.87. The number of nitrogens with two attached hydrogens (primary N) is 1. The molecular formula is C16H23ClN6O2. The van der Waals surface area contributed by atoms with E-state index in [0.717, 1.165) is 25.3 Å². The molecule has 9 heteroatoms. The van der Waals surface area contributed by atoms with E-state index in [0.29, 0.717) is 35.1 Å². The summed E-state index contributed by atoms with van der Waals surface area (Å²) in [4.78, 5) is 8.34. The molecule has 0 amide bonds. The first-order valence-corrected chi connectivity index (χ1v) is 8.68. The van der Waals surface area contributed by atoms with Crippen LogP contribution < -0.4 is 15.8 Å². The van der Waals surface area contributed by atoms with E-state index in [-0.39, 0.29) is 11.9 Å². The van der Waals surface area contributed by atoms with Crippen LogP contribution in [0, 0.1) is 12.8 Å². The van der Waals surface area contributed by atoms with Gasteiger partial charge in [0.1, 0.15) is 16.5 Å². The molecule has 3 heterocycles. The van der Waals surface area contributed by atoms with E-state index >= 15 is 0 Å². The van der Waals surface area contributed by atoms with Crippen LogP contribution in [0.25, 0.3) is 0 Å². The van der Waals surface area contributed by atoms with Gasteiger partial charge in [-0.05, 0) is 27.2 Å². The van der Waals surface area contributed by atoms with Crippen molar-refractivity contribution >= 4 is 29.2 Å². The molecule has 1 aliphatic rings. The van der Waals surface area contributed by atoms with Gasteiger partial charge in [0.25, 0.3) is 0 Å². The molecule has 136 valence electrons. The van der Waals surface area contributed by atoms with Crippen molar-refractivity contribution in [2.45, 2.75) is 33.2 Å². The second-order valence-electron chi connectivity index (χ2n) is 6.39. The fourth-order valence-electron chi connectivity index (χ4n) is 2.66. The minimum Gasteiger partial charge on any atom is -0.487 e. The van der Waals surface area contributed by atoms with Crippen LogP contribution in [0.5, 0.6) is 5.75 Å². The third-order valence-corrected chi connectivity index (χ3v) is 4.30. The maximum atomic E-state index is 6.07. The zero-order valence-electron chi connectivity index (χ0n) is 14.6. The highest BCUT2D eigenvalue weighted by Gasteiger charge is 2.23. The van der Waals surface area contributed by atoms with Crippen molar-refractivity contribution in [3.8, 4) is 5.75 Å². The fourth-order valence-corrected chi connectivity index (χ4v) is 2.75. The quantitative estimate of drug-likeness (QED) is 0.810. The Hall–Kier alpha value is -2.06. The number of aromatic nitrogens is 4. The monoisotopic (exact) mass is 366 g/mol. The van der Waals surface area contributed by atoms with Gasteiger partial charge in [0.15, 0.2) is 11.6 Å². The van der Waals surface area contributed by atoms with E-state index < -0.39 is 0 Å². The van der Waals surface area contributed by atoms with Crippen LogP contribution in [0.3, 0.4) is 0 Å². The molecule has 1 atom stereocenters. The molecule has 1 fully saturated rings. The van der Waals surface area contributed by atoms with Crippen LogP contribution in [0.4, 0.5) is 17.6 Å². The highest BCUT2D eigenvalue weighted by Crippen LogP contribution is 2.34. The number of aryl methyl sites for hydroxylation is 1. The Bertz CT molecular complexity index is 742. The summed E-state index contributed by atoms with van der Waals surface area (Å²) < 4.78 is 13.3. The lowest BCUT2D eigenvalue weighted by Crippen LogP contribution is -2.13. The summed E-state index contributed by atoms with van der Waals surface area (Å²) in [5.74, 6) is 2.36. The molecule has 1 aliphatic heterocycles. The van der Waals surface area contributed by atoms with Crippen LogP contribution in [-0.4, -0.2) is 39.6 Å². The number of nitrogens with zero attached hydrogens (tertiary/aromatic N) is 4. The predicted molar refractivity (Wildman–Crippen MR) is 96.5 cm³/mol. The predicted octanol–water partition coefficient (Wildman–Crippen LogP) is 2.96. The van der Waals surface area contributed by atoms with E-state index in [1.54, 1.807) is 0 Å². The highest BCUT2D eigenvalue weighted by atomic mass is 35.5. The number of anilines is 3. The number of nitrogens with one attached hydrogen (secondary N) is 1. The summed E-state index contributed by atoms with van der Waals surface area (Å²) in [5, 5.41) is 8.06. The first-order chi connectivity index (χ1) is 12.0. The number of hydrogen-bond acceptors (Lipinski definition) is 7. The second kappa shape index (κ2) is 7.45. The normalized spacial score (nSPS) is 17.2. The third-order valence-electron chi connectivity index (χ3n) is 4.01. The molecule has 0 aromatic carbocycles. The maximum absolute atomic E-state index is 6.07. The Kier molecular flexibility index (Phi) is 5.29. The Morgan fingerprint density at radius 2 is 2.32 bits per heavy atom. The molecule has 0 aliphatic carbocycles. The van der Waals surface area contributed by atoms with E-state index in [1.165, 1.54) is 6.20 Å². The van der Waals surface area contributed by atoms with Gasteiger partial charge in [0.2, 0.25) is 5.95 Å². The van der Waals surface area contributed by atoms with Gasteiger partial charge >= 0.3 is 0 Å². The summed E-state index contributed by atoms with van der Waals surface area (Å²) in [6.07, 6.45) is 2.47. The van der Waals surface area contributed by atoms with Gasteiger partial charge in [-0.25, -0.2) is 9.67 Å². The standard InChI is InChI=1S/C16H23ClN6O2/c1-9(2)23-15(21-16-19-6-12(17)14(18)20-16)13(10(3)22-23)25-8-11-4-5-24-7-11/h6,9,11H,4-5,7-8H2,1-3H3,(H3,18,19,20,21). The van der Waals surface area contributed by atoms with Crippen molar-refractivity contribution in [3.05, 3.63) is 16.9 Å². The fraction of sp³-hybridized carbons (Fsp3) is 0.562. The van der Waals surface area contributed by atoms with Crippen LogP contribution in [-0.2, 0) is 4.74 Å². The smallest absolute Gasteiger partial charge is 0.230 e. The van der Waals surface area contributed by atoms with Crippen LogP contribution in [0.2, 0.25) is 5.02 Å². The number of rotatable bonds is 6. The van der Waals surface area contributed by atoms with Crippen molar-refractivity contribution in [1.29, 1.82) is 0 Å². The van der Waals surface area contributed by atoms with Gasteiger partial charge in [0, 0.05) is 18.6 Å². The lowest BCUT2D eigenvalue weighted by Gasteiger charge is -2.15. The third kappa shape index (κ3) is 3.96. The second-order valence-corrected chi connectivity index (χ2v) is 6.80. The van der Waals surface area contributed by atoms with Gasteiger partial charge in [0.05, 0.1) is 19.4 Å². The summed E-state index contributed by atoms with van der Waals surface area (Å²) in [5.41, 5.74) is 6.57. The van der Waals surface area contributed by atoms with Gasteiger partial charge < -0.3 is 20.5 Å². The minimum absolute atomic E-state index is 0.137. The summed E-state index contributed by atoms with van der Waals surface area (Å²) in [6, 6.07) is 0.137. The van der Waals surface area contributed by atoms with E-state index in [9.17, 15) is 0 Å². The maximum Gasteiger partial charge on any atom is 0.230 e. The van der Waals surface area contributed by atoms with E-state index in [4.69, 9.17) is 26.8 Å². The molecule has 0 radical (unpaired) electrons. The highest BCUT2D eigenvalue weighted by molar-refractivity contribution is 6.32. The molecule has 2 aromatic rings. The van der Waals surface area contributed by atoms with E-state index in [2.05, 4.69) is 20.4 Å². The van der Waals surface area contributed by atoms with Crippen LogP contribution >= 0.6 is 11.6 Å². The molecule has 3 rings (SSSR count).